The Labute approximate surface area is 131 Å². The van der Waals surface area contributed by atoms with E-state index in [1.54, 1.807) is 24.3 Å². The maximum atomic E-state index is 12.4. The van der Waals surface area contributed by atoms with E-state index in [-0.39, 0.29) is 17.9 Å². The molecule has 1 fully saturated rings. The van der Waals surface area contributed by atoms with E-state index in [0.717, 1.165) is 25.9 Å². The first-order valence-electron chi connectivity index (χ1n) is 8.01. The summed E-state index contributed by atoms with van der Waals surface area (Å²) in [5, 5.41) is 9.18. The molecule has 0 bridgehead atoms. The van der Waals surface area contributed by atoms with Crippen LogP contribution in [0.1, 0.15) is 47.4 Å². The predicted octanol–water partition coefficient (Wildman–Crippen LogP) is 1.55. The van der Waals surface area contributed by atoms with Crippen LogP contribution in [0, 0.1) is 5.92 Å². The lowest BCUT2D eigenvalue weighted by Crippen LogP contribution is -2.50. The van der Waals surface area contributed by atoms with E-state index in [2.05, 4.69) is 22.9 Å². The van der Waals surface area contributed by atoms with Gasteiger partial charge in [-0.25, -0.2) is 0 Å². The normalized spacial score (nSPS) is 21.2. The van der Waals surface area contributed by atoms with Crippen LogP contribution in [0.25, 0.3) is 0 Å². The van der Waals surface area contributed by atoms with Crippen molar-refractivity contribution >= 4 is 11.8 Å². The van der Waals surface area contributed by atoms with E-state index in [9.17, 15) is 9.59 Å². The molecule has 3 N–H and O–H groups in total. The van der Waals surface area contributed by atoms with Crippen molar-refractivity contribution < 1.29 is 9.59 Å². The number of carbonyl (C=O) groups is 2. The maximum Gasteiger partial charge on any atom is 0.251 e. The molecule has 2 unspecified atom stereocenters. The molecular formula is C17H25N3O2. The Kier molecular flexibility index (Phi) is 5.95. The fraction of sp³-hybridized carbons (Fsp3) is 0.529. The summed E-state index contributed by atoms with van der Waals surface area (Å²) < 4.78 is 0. The first-order chi connectivity index (χ1) is 10.6. The zero-order valence-electron chi connectivity index (χ0n) is 13.3. The molecule has 2 rings (SSSR count). The van der Waals surface area contributed by atoms with Crippen molar-refractivity contribution in [3.05, 3.63) is 35.4 Å². The Balaban J connectivity index is 2.02. The van der Waals surface area contributed by atoms with Gasteiger partial charge in [-0.3, -0.25) is 9.59 Å². The number of benzene rings is 1. The zero-order valence-corrected chi connectivity index (χ0v) is 13.3. The molecule has 22 heavy (non-hydrogen) atoms. The minimum absolute atomic E-state index is 0.120. The molecule has 1 saturated heterocycles. The van der Waals surface area contributed by atoms with Gasteiger partial charge in [0.05, 0.1) is 0 Å². The van der Waals surface area contributed by atoms with E-state index in [1.165, 1.54) is 0 Å². The zero-order chi connectivity index (χ0) is 15.9. The molecule has 2 amide bonds. The van der Waals surface area contributed by atoms with Gasteiger partial charge in [-0.15, -0.1) is 0 Å². The molecule has 0 aromatic heterocycles. The van der Waals surface area contributed by atoms with Crippen molar-refractivity contribution in [2.45, 2.75) is 32.7 Å². The van der Waals surface area contributed by atoms with E-state index in [1.807, 2.05) is 6.92 Å². The highest BCUT2D eigenvalue weighted by atomic mass is 16.2. The lowest BCUT2D eigenvalue weighted by Gasteiger charge is -2.30. The van der Waals surface area contributed by atoms with Crippen LogP contribution in [0.5, 0.6) is 0 Å². The van der Waals surface area contributed by atoms with Crippen LogP contribution in [0.2, 0.25) is 0 Å². The quantitative estimate of drug-likeness (QED) is 0.773. The molecule has 0 radical (unpaired) electrons. The monoisotopic (exact) mass is 303 g/mol. The first-order valence-corrected chi connectivity index (χ1v) is 8.01. The second-order valence-corrected chi connectivity index (χ2v) is 5.89. The molecule has 0 aliphatic carbocycles. The summed E-state index contributed by atoms with van der Waals surface area (Å²) in [6.45, 7) is 6.59. The SMILES string of the molecule is CCCNC(=O)c1cccc(C(=O)NC2CNCCC2C)c1. The van der Waals surface area contributed by atoms with Crippen molar-refractivity contribution in [1.29, 1.82) is 0 Å². The fourth-order valence-electron chi connectivity index (χ4n) is 2.58. The van der Waals surface area contributed by atoms with Crippen molar-refractivity contribution in [3.63, 3.8) is 0 Å². The molecule has 1 aliphatic rings. The van der Waals surface area contributed by atoms with Gasteiger partial charge >= 0.3 is 0 Å². The molecule has 0 saturated carbocycles. The molecule has 1 aromatic rings. The van der Waals surface area contributed by atoms with Crippen LogP contribution in [0.3, 0.4) is 0 Å². The van der Waals surface area contributed by atoms with Gasteiger partial charge < -0.3 is 16.0 Å². The Hall–Kier alpha value is -1.88. The van der Waals surface area contributed by atoms with E-state index in [0.29, 0.717) is 23.6 Å². The second-order valence-electron chi connectivity index (χ2n) is 5.89. The number of rotatable bonds is 5. The van der Waals surface area contributed by atoms with Crippen LogP contribution in [-0.2, 0) is 0 Å². The first kappa shape index (κ1) is 16.5. The topological polar surface area (TPSA) is 70.2 Å². The summed E-state index contributed by atoms with van der Waals surface area (Å²) in [6.07, 6.45) is 1.95. The average Bonchev–Trinajstić information content (AvgIpc) is 2.54. The van der Waals surface area contributed by atoms with E-state index >= 15 is 0 Å². The second kappa shape index (κ2) is 7.94. The van der Waals surface area contributed by atoms with Crippen LogP contribution >= 0.6 is 0 Å². The van der Waals surface area contributed by atoms with Gasteiger partial charge in [0.1, 0.15) is 0 Å². The minimum Gasteiger partial charge on any atom is -0.352 e. The molecule has 1 aromatic carbocycles. The predicted molar refractivity (Wildman–Crippen MR) is 87.0 cm³/mol. The molecule has 5 nitrogen and oxygen atoms in total. The third-order valence-corrected chi connectivity index (χ3v) is 4.07. The maximum absolute atomic E-state index is 12.4. The fourth-order valence-corrected chi connectivity index (χ4v) is 2.58. The Morgan fingerprint density at radius 1 is 1.27 bits per heavy atom. The third-order valence-electron chi connectivity index (χ3n) is 4.07. The molecular weight excluding hydrogens is 278 g/mol. The molecule has 0 spiro atoms. The number of nitrogens with one attached hydrogen (secondary N) is 3. The van der Waals surface area contributed by atoms with Gasteiger partial charge in [-0.1, -0.05) is 19.9 Å². The molecule has 120 valence electrons. The van der Waals surface area contributed by atoms with Gasteiger partial charge in [-0.2, -0.15) is 0 Å². The molecule has 5 heteroatoms. The molecule has 2 atom stereocenters. The highest BCUT2D eigenvalue weighted by Crippen LogP contribution is 2.13. The van der Waals surface area contributed by atoms with Crippen LogP contribution < -0.4 is 16.0 Å². The van der Waals surface area contributed by atoms with Crippen molar-refractivity contribution in [3.8, 4) is 0 Å². The number of carbonyl (C=O) groups excluding carboxylic acids is 2. The Morgan fingerprint density at radius 2 is 2.00 bits per heavy atom. The molecule has 1 aliphatic heterocycles. The summed E-state index contributed by atoms with van der Waals surface area (Å²) in [5.41, 5.74) is 1.05. The van der Waals surface area contributed by atoms with E-state index in [4.69, 9.17) is 0 Å². The van der Waals surface area contributed by atoms with Crippen LogP contribution in [0.15, 0.2) is 24.3 Å². The van der Waals surface area contributed by atoms with E-state index < -0.39 is 0 Å². The number of hydrogen-bond acceptors (Lipinski definition) is 3. The summed E-state index contributed by atoms with van der Waals surface area (Å²) in [5.74, 6) is 0.205. The number of hydrogen-bond donors (Lipinski definition) is 3. The van der Waals surface area contributed by atoms with Crippen molar-refractivity contribution in [2.24, 2.45) is 5.92 Å². The average molecular weight is 303 g/mol. The standard InChI is InChI=1S/C17H25N3O2/c1-3-8-19-16(21)13-5-4-6-14(10-13)17(22)20-15-11-18-9-7-12(15)2/h4-6,10,12,15,18H,3,7-9,11H2,1-2H3,(H,19,21)(H,20,22). The van der Waals surface area contributed by atoms with Gasteiger partial charge in [-0.05, 0) is 43.5 Å². The molecule has 1 heterocycles. The highest BCUT2D eigenvalue weighted by molar-refractivity contribution is 5.99. The lowest BCUT2D eigenvalue weighted by molar-refractivity contribution is 0.0915. The Morgan fingerprint density at radius 3 is 2.68 bits per heavy atom. The summed E-state index contributed by atoms with van der Waals surface area (Å²) in [6, 6.07) is 7.01. The van der Waals surface area contributed by atoms with Crippen molar-refractivity contribution in [1.82, 2.24) is 16.0 Å². The third kappa shape index (κ3) is 4.31. The largest absolute Gasteiger partial charge is 0.352 e. The van der Waals surface area contributed by atoms with Crippen LogP contribution in [-0.4, -0.2) is 37.5 Å². The smallest absolute Gasteiger partial charge is 0.251 e. The summed E-state index contributed by atoms with van der Waals surface area (Å²) in [7, 11) is 0. The minimum atomic E-state index is -0.135. The van der Waals surface area contributed by atoms with Gasteiger partial charge in [0.15, 0.2) is 0 Å². The summed E-state index contributed by atoms with van der Waals surface area (Å²) in [4.78, 5) is 24.3. The number of amides is 2. The summed E-state index contributed by atoms with van der Waals surface area (Å²) >= 11 is 0. The highest BCUT2D eigenvalue weighted by Gasteiger charge is 2.23. The van der Waals surface area contributed by atoms with Gasteiger partial charge in [0, 0.05) is 30.3 Å². The van der Waals surface area contributed by atoms with Crippen molar-refractivity contribution in [2.75, 3.05) is 19.6 Å². The van der Waals surface area contributed by atoms with Gasteiger partial charge in [0.2, 0.25) is 0 Å². The lowest BCUT2D eigenvalue weighted by atomic mass is 9.94. The van der Waals surface area contributed by atoms with Crippen LogP contribution in [0.4, 0.5) is 0 Å². The Bertz CT molecular complexity index is 530. The number of piperidine rings is 1. The van der Waals surface area contributed by atoms with Gasteiger partial charge in [0.25, 0.3) is 11.8 Å².